The van der Waals surface area contributed by atoms with Gasteiger partial charge in [0.05, 0.1) is 33.8 Å². The van der Waals surface area contributed by atoms with Crippen LogP contribution in [-0.4, -0.2) is 26.6 Å². The van der Waals surface area contributed by atoms with Gasteiger partial charge in [-0.1, -0.05) is 18.2 Å². The Bertz CT molecular complexity index is 712. The molecule has 0 saturated carbocycles. The normalized spacial score (nSPS) is 12.5. The average Bonchev–Trinajstić information content (AvgIpc) is 3.11. The second-order valence-corrected chi connectivity index (χ2v) is 5.60. The Kier molecular flexibility index (Phi) is 3.90. The molecule has 2 heterocycles. The zero-order valence-corrected chi connectivity index (χ0v) is 13.4. The maximum Gasteiger partial charge on any atom is 0.0949 e. The zero-order chi connectivity index (χ0) is 14.8. The van der Waals surface area contributed by atoms with Gasteiger partial charge in [-0.2, -0.15) is 10.2 Å². The molecule has 2 aromatic heterocycles. The van der Waals surface area contributed by atoms with Crippen molar-refractivity contribution in [3.8, 4) is 5.69 Å². The lowest BCUT2D eigenvalue weighted by molar-refractivity contribution is 0.586. The van der Waals surface area contributed by atoms with Gasteiger partial charge < -0.3 is 5.32 Å². The molecule has 1 atom stereocenters. The third-order valence-electron chi connectivity index (χ3n) is 3.43. The molecule has 0 amide bonds. The van der Waals surface area contributed by atoms with E-state index in [0.717, 1.165) is 21.5 Å². The monoisotopic (exact) mass is 345 g/mol. The van der Waals surface area contributed by atoms with Crippen molar-refractivity contribution in [3.05, 3.63) is 64.7 Å². The van der Waals surface area contributed by atoms with E-state index < -0.39 is 0 Å². The molecule has 0 aliphatic heterocycles. The molecule has 0 aliphatic rings. The van der Waals surface area contributed by atoms with Gasteiger partial charge in [0.1, 0.15) is 0 Å². The van der Waals surface area contributed by atoms with E-state index in [1.165, 1.54) is 0 Å². The molecule has 1 aromatic carbocycles. The lowest BCUT2D eigenvalue weighted by atomic mass is 10.1. The summed E-state index contributed by atoms with van der Waals surface area (Å²) in [6.45, 7) is 0. The molecule has 3 aromatic rings. The van der Waals surface area contributed by atoms with Gasteiger partial charge >= 0.3 is 0 Å². The number of nitrogens with zero attached hydrogens (tertiary/aromatic N) is 4. The summed E-state index contributed by atoms with van der Waals surface area (Å²) in [5.41, 5.74) is 3.05. The molecule has 0 radical (unpaired) electrons. The van der Waals surface area contributed by atoms with Crippen LogP contribution in [0, 0.1) is 0 Å². The number of hydrogen-bond donors (Lipinski definition) is 1. The van der Waals surface area contributed by atoms with Crippen LogP contribution in [-0.2, 0) is 7.05 Å². The molecule has 6 heteroatoms. The highest BCUT2D eigenvalue weighted by Crippen LogP contribution is 2.27. The summed E-state index contributed by atoms with van der Waals surface area (Å²) >= 11 is 3.55. The summed E-state index contributed by atoms with van der Waals surface area (Å²) < 4.78 is 4.70. The van der Waals surface area contributed by atoms with Crippen molar-refractivity contribution in [2.24, 2.45) is 7.05 Å². The maximum atomic E-state index is 4.68. The molecule has 108 valence electrons. The Morgan fingerprint density at radius 3 is 2.57 bits per heavy atom. The minimum atomic E-state index is -0.0168. The predicted octanol–water partition coefficient (Wildman–Crippen LogP) is 2.68. The van der Waals surface area contributed by atoms with Gasteiger partial charge in [0.2, 0.25) is 0 Å². The van der Waals surface area contributed by atoms with Crippen molar-refractivity contribution in [1.82, 2.24) is 24.9 Å². The molecule has 1 unspecified atom stereocenters. The number of para-hydroxylation sites is 1. The van der Waals surface area contributed by atoms with Gasteiger partial charge in [0, 0.05) is 13.2 Å². The number of nitrogens with one attached hydrogen (secondary N) is 1. The van der Waals surface area contributed by atoms with Crippen LogP contribution < -0.4 is 5.32 Å². The van der Waals surface area contributed by atoms with E-state index in [-0.39, 0.29) is 6.04 Å². The van der Waals surface area contributed by atoms with Crippen molar-refractivity contribution in [2.75, 3.05) is 7.05 Å². The summed E-state index contributed by atoms with van der Waals surface area (Å²) in [6.07, 6.45) is 3.77. The smallest absolute Gasteiger partial charge is 0.0949 e. The first-order valence-electron chi connectivity index (χ1n) is 6.66. The lowest BCUT2D eigenvalue weighted by Crippen LogP contribution is -2.21. The van der Waals surface area contributed by atoms with Gasteiger partial charge in [0.15, 0.2) is 0 Å². The molecule has 5 nitrogen and oxygen atoms in total. The summed E-state index contributed by atoms with van der Waals surface area (Å²) in [5.74, 6) is 0. The SMILES string of the molecule is CNC(c1ccn(-c2ccccc2)n1)c1c(Br)cnn1C. The van der Waals surface area contributed by atoms with Crippen molar-refractivity contribution in [1.29, 1.82) is 0 Å². The number of benzene rings is 1. The fourth-order valence-corrected chi connectivity index (χ4v) is 2.96. The van der Waals surface area contributed by atoms with Crippen LogP contribution >= 0.6 is 15.9 Å². The first-order valence-corrected chi connectivity index (χ1v) is 7.45. The molecular weight excluding hydrogens is 330 g/mol. The van der Waals surface area contributed by atoms with Crippen LogP contribution in [0.15, 0.2) is 53.3 Å². The zero-order valence-electron chi connectivity index (χ0n) is 11.9. The van der Waals surface area contributed by atoms with Crippen molar-refractivity contribution < 1.29 is 0 Å². The first-order chi connectivity index (χ1) is 10.2. The van der Waals surface area contributed by atoms with Crippen molar-refractivity contribution in [2.45, 2.75) is 6.04 Å². The highest BCUT2D eigenvalue weighted by Gasteiger charge is 2.21. The van der Waals surface area contributed by atoms with Crippen LogP contribution in [0.1, 0.15) is 17.4 Å². The maximum absolute atomic E-state index is 4.68. The second-order valence-electron chi connectivity index (χ2n) is 4.74. The van der Waals surface area contributed by atoms with E-state index in [4.69, 9.17) is 0 Å². The predicted molar refractivity (Wildman–Crippen MR) is 85.4 cm³/mol. The van der Waals surface area contributed by atoms with E-state index >= 15 is 0 Å². The van der Waals surface area contributed by atoms with Crippen molar-refractivity contribution in [3.63, 3.8) is 0 Å². The van der Waals surface area contributed by atoms with Gasteiger partial charge in [-0.15, -0.1) is 0 Å². The third-order valence-corrected chi connectivity index (χ3v) is 4.04. The summed E-state index contributed by atoms with van der Waals surface area (Å²) in [7, 11) is 3.85. The topological polar surface area (TPSA) is 47.7 Å². The first kappa shape index (κ1) is 14.0. The fraction of sp³-hybridized carbons (Fsp3) is 0.200. The minimum Gasteiger partial charge on any atom is -0.307 e. The summed E-state index contributed by atoms with van der Waals surface area (Å²) in [4.78, 5) is 0. The molecule has 1 N–H and O–H groups in total. The molecule has 0 fully saturated rings. The molecule has 0 bridgehead atoms. The van der Waals surface area contributed by atoms with E-state index in [1.54, 1.807) is 6.20 Å². The summed E-state index contributed by atoms with van der Waals surface area (Å²) in [5, 5.41) is 12.3. The number of aryl methyl sites for hydroxylation is 1. The lowest BCUT2D eigenvalue weighted by Gasteiger charge is -2.15. The molecule has 3 rings (SSSR count). The van der Waals surface area contributed by atoms with Crippen LogP contribution in [0.5, 0.6) is 0 Å². The van der Waals surface area contributed by atoms with E-state index in [9.17, 15) is 0 Å². The molecule has 0 aliphatic carbocycles. The molecule has 0 spiro atoms. The minimum absolute atomic E-state index is 0.0168. The molecule has 0 saturated heterocycles. The standard InChI is InChI=1S/C15H16BrN5/c1-17-14(15-12(16)10-18-20(15)2)13-8-9-21(19-13)11-6-4-3-5-7-11/h3-10,14,17H,1-2H3. The van der Waals surface area contributed by atoms with E-state index in [2.05, 4.69) is 31.4 Å². The highest BCUT2D eigenvalue weighted by atomic mass is 79.9. The van der Waals surface area contributed by atoms with Crippen molar-refractivity contribution >= 4 is 15.9 Å². The second kappa shape index (κ2) is 5.83. The Morgan fingerprint density at radius 1 is 1.19 bits per heavy atom. The Morgan fingerprint density at radius 2 is 1.95 bits per heavy atom. The highest BCUT2D eigenvalue weighted by molar-refractivity contribution is 9.10. The van der Waals surface area contributed by atoms with E-state index in [0.29, 0.717) is 0 Å². The van der Waals surface area contributed by atoms with Crippen LogP contribution in [0.3, 0.4) is 0 Å². The average molecular weight is 346 g/mol. The Labute approximate surface area is 131 Å². The van der Waals surface area contributed by atoms with Crippen LogP contribution in [0.25, 0.3) is 5.69 Å². The number of halogens is 1. The van der Waals surface area contributed by atoms with Crippen LogP contribution in [0.2, 0.25) is 0 Å². The summed E-state index contributed by atoms with van der Waals surface area (Å²) in [6, 6.07) is 12.1. The number of hydrogen-bond acceptors (Lipinski definition) is 3. The van der Waals surface area contributed by atoms with Crippen LogP contribution in [0.4, 0.5) is 0 Å². The number of rotatable bonds is 4. The van der Waals surface area contributed by atoms with Gasteiger partial charge in [-0.3, -0.25) is 4.68 Å². The quantitative estimate of drug-likeness (QED) is 0.790. The molecular formula is C15H16BrN5. The fourth-order valence-electron chi connectivity index (χ4n) is 2.39. The Balaban J connectivity index is 1.98. The van der Waals surface area contributed by atoms with E-state index in [1.807, 2.05) is 66.1 Å². The Hall–Kier alpha value is -1.92. The van der Waals surface area contributed by atoms with Gasteiger partial charge in [0.25, 0.3) is 0 Å². The number of aromatic nitrogens is 4. The van der Waals surface area contributed by atoms with Gasteiger partial charge in [-0.25, -0.2) is 4.68 Å². The van der Waals surface area contributed by atoms with Gasteiger partial charge in [-0.05, 0) is 41.2 Å². The third kappa shape index (κ3) is 2.64. The largest absolute Gasteiger partial charge is 0.307 e. The molecule has 21 heavy (non-hydrogen) atoms.